The summed E-state index contributed by atoms with van der Waals surface area (Å²) in [5, 5.41) is 9.66. The van der Waals surface area contributed by atoms with Crippen LogP contribution in [0.15, 0.2) is 18.2 Å². The van der Waals surface area contributed by atoms with Crippen molar-refractivity contribution < 1.29 is 14.4 Å². The largest absolute Gasteiger partial charge is 0.322 e. The summed E-state index contributed by atoms with van der Waals surface area (Å²) in [6, 6.07) is 6.67. The minimum atomic E-state index is -0.557. The fourth-order valence-electron chi connectivity index (χ4n) is 5.57. The first-order valence-electron chi connectivity index (χ1n) is 10.8. The maximum absolute atomic E-state index is 12.9. The highest BCUT2D eigenvalue weighted by atomic mass is 16.2. The number of hydrogen-bond acceptors (Lipinski definition) is 5. The summed E-state index contributed by atoms with van der Waals surface area (Å²) >= 11 is 0. The van der Waals surface area contributed by atoms with Crippen molar-refractivity contribution in [3.8, 4) is 0 Å². The molecule has 2 unspecified atom stereocenters. The lowest BCUT2D eigenvalue weighted by molar-refractivity contribution is -0.136. The van der Waals surface area contributed by atoms with Crippen LogP contribution in [0.25, 0.3) is 0 Å². The average molecular weight is 396 g/mol. The molecule has 2 bridgehead atoms. The lowest BCUT2D eigenvalue weighted by atomic mass is 9.92. The molecule has 7 nitrogen and oxygen atoms in total. The van der Waals surface area contributed by atoms with Crippen LogP contribution in [0.5, 0.6) is 0 Å². The molecule has 0 aliphatic carbocycles. The summed E-state index contributed by atoms with van der Waals surface area (Å²) in [5.41, 5.74) is 2.83. The van der Waals surface area contributed by atoms with Crippen molar-refractivity contribution in [3.63, 3.8) is 0 Å². The second kappa shape index (κ2) is 7.54. The molecule has 4 heterocycles. The van der Waals surface area contributed by atoms with Crippen LogP contribution in [0.4, 0.5) is 0 Å². The quantitative estimate of drug-likeness (QED) is 0.648. The number of carbonyl (C=O) groups excluding carboxylic acids is 3. The Morgan fingerprint density at radius 1 is 1.07 bits per heavy atom. The van der Waals surface area contributed by atoms with E-state index in [1.165, 1.54) is 25.7 Å². The van der Waals surface area contributed by atoms with Crippen LogP contribution in [0.3, 0.4) is 0 Å². The summed E-state index contributed by atoms with van der Waals surface area (Å²) < 4.78 is 0. The topological polar surface area (TPSA) is 90.5 Å². The fourth-order valence-corrected chi connectivity index (χ4v) is 5.57. The van der Waals surface area contributed by atoms with Crippen LogP contribution in [0.2, 0.25) is 0 Å². The Morgan fingerprint density at radius 2 is 1.86 bits per heavy atom. The van der Waals surface area contributed by atoms with Gasteiger partial charge in [0.2, 0.25) is 11.8 Å². The van der Waals surface area contributed by atoms with Crippen molar-refractivity contribution in [2.24, 2.45) is 5.92 Å². The van der Waals surface area contributed by atoms with E-state index in [9.17, 15) is 14.4 Å². The van der Waals surface area contributed by atoms with Gasteiger partial charge in [-0.25, -0.2) is 0 Å². The van der Waals surface area contributed by atoms with Gasteiger partial charge in [-0.1, -0.05) is 12.1 Å². The third-order valence-corrected chi connectivity index (χ3v) is 7.00. The summed E-state index contributed by atoms with van der Waals surface area (Å²) in [4.78, 5) is 38.2. The molecule has 1 aromatic rings. The first kappa shape index (κ1) is 18.8. The first-order chi connectivity index (χ1) is 14.1. The predicted octanol–water partition coefficient (Wildman–Crippen LogP) is 1.07. The van der Waals surface area contributed by atoms with Gasteiger partial charge in [-0.3, -0.25) is 19.7 Å². The summed E-state index contributed by atoms with van der Waals surface area (Å²) in [6.45, 7) is 2.18. The van der Waals surface area contributed by atoms with E-state index in [-0.39, 0.29) is 24.1 Å². The molecular formula is C22H28N4O3. The monoisotopic (exact) mass is 396 g/mol. The van der Waals surface area contributed by atoms with Crippen molar-refractivity contribution in [1.82, 2.24) is 20.9 Å². The number of carbonyl (C=O) groups is 3. The Kier molecular flexibility index (Phi) is 4.87. The highest BCUT2D eigenvalue weighted by Gasteiger charge is 2.39. The van der Waals surface area contributed by atoms with E-state index < -0.39 is 6.04 Å². The van der Waals surface area contributed by atoms with Gasteiger partial charge in [-0.2, -0.15) is 0 Å². The minimum Gasteiger partial charge on any atom is -0.322 e. The van der Waals surface area contributed by atoms with Crippen LogP contribution in [0, 0.1) is 5.92 Å². The molecule has 0 saturated carbocycles. The molecule has 5 rings (SSSR count). The Labute approximate surface area is 170 Å². The maximum Gasteiger partial charge on any atom is 0.255 e. The standard InChI is InChI=1S/C22H28N4O3/c27-20-7-6-19(21(28)25-20)26-12-18-14(2-1-3-17(18)22(26)29)11-23-10-13-8-15-4-5-16(9-13)24-15/h1-3,13,15-16,19,23-24H,4-12H2,(H,25,27,28)/t13?,15-,16+,19?. The van der Waals surface area contributed by atoms with Crippen LogP contribution >= 0.6 is 0 Å². The molecule has 3 saturated heterocycles. The molecule has 4 aliphatic rings. The van der Waals surface area contributed by atoms with Gasteiger partial charge in [0, 0.05) is 37.2 Å². The number of fused-ring (bicyclic) bond motifs is 3. The molecular weight excluding hydrogens is 368 g/mol. The number of imide groups is 1. The second-order valence-electron chi connectivity index (χ2n) is 8.95. The third kappa shape index (κ3) is 3.57. The number of nitrogens with zero attached hydrogens (tertiary/aromatic N) is 1. The number of amides is 3. The molecule has 1 aromatic carbocycles. The van der Waals surface area contributed by atoms with Crippen molar-refractivity contribution in [2.45, 2.75) is 69.7 Å². The van der Waals surface area contributed by atoms with E-state index in [1.54, 1.807) is 4.90 Å². The van der Waals surface area contributed by atoms with E-state index in [2.05, 4.69) is 22.0 Å². The number of hydrogen-bond donors (Lipinski definition) is 3. The van der Waals surface area contributed by atoms with Gasteiger partial charge in [0.1, 0.15) is 6.04 Å². The van der Waals surface area contributed by atoms with Crippen LogP contribution < -0.4 is 16.0 Å². The van der Waals surface area contributed by atoms with E-state index in [1.807, 2.05) is 12.1 Å². The molecule has 0 aromatic heterocycles. The third-order valence-electron chi connectivity index (χ3n) is 7.00. The normalized spacial score (nSPS) is 31.2. The number of nitrogens with one attached hydrogen (secondary N) is 3. The smallest absolute Gasteiger partial charge is 0.255 e. The molecule has 4 aliphatic heterocycles. The molecule has 154 valence electrons. The molecule has 4 atom stereocenters. The average Bonchev–Trinajstić information content (AvgIpc) is 3.22. The van der Waals surface area contributed by atoms with Crippen LogP contribution in [-0.4, -0.2) is 47.3 Å². The molecule has 0 spiro atoms. The van der Waals surface area contributed by atoms with Gasteiger partial charge in [0.05, 0.1) is 0 Å². The Morgan fingerprint density at radius 3 is 2.62 bits per heavy atom. The number of benzene rings is 1. The minimum absolute atomic E-state index is 0.105. The zero-order valence-electron chi connectivity index (χ0n) is 16.6. The number of rotatable bonds is 5. The van der Waals surface area contributed by atoms with Gasteiger partial charge in [-0.05, 0) is 61.8 Å². The van der Waals surface area contributed by atoms with Crippen molar-refractivity contribution in [1.29, 1.82) is 0 Å². The summed E-state index contributed by atoms with van der Waals surface area (Å²) in [7, 11) is 0. The van der Waals surface area contributed by atoms with Gasteiger partial charge >= 0.3 is 0 Å². The van der Waals surface area contributed by atoms with Crippen molar-refractivity contribution in [3.05, 3.63) is 34.9 Å². The second-order valence-corrected chi connectivity index (χ2v) is 8.95. The highest BCUT2D eigenvalue weighted by molar-refractivity contribution is 6.05. The Balaban J connectivity index is 1.23. The predicted molar refractivity (Wildman–Crippen MR) is 107 cm³/mol. The zero-order valence-corrected chi connectivity index (χ0v) is 16.6. The van der Waals surface area contributed by atoms with Crippen molar-refractivity contribution >= 4 is 17.7 Å². The van der Waals surface area contributed by atoms with Gasteiger partial charge < -0.3 is 15.5 Å². The SMILES string of the molecule is O=C1CCC(N2Cc3c(CNCC4C[C@H]5CC[C@@H](C4)N5)cccc3C2=O)C(=O)N1. The zero-order chi connectivity index (χ0) is 20.0. The van der Waals surface area contributed by atoms with E-state index in [0.717, 1.165) is 24.2 Å². The molecule has 29 heavy (non-hydrogen) atoms. The van der Waals surface area contributed by atoms with E-state index in [0.29, 0.717) is 36.5 Å². The highest BCUT2D eigenvalue weighted by Crippen LogP contribution is 2.31. The molecule has 3 N–H and O–H groups in total. The van der Waals surface area contributed by atoms with Crippen LogP contribution in [-0.2, 0) is 22.7 Å². The van der Waals surface area contributed by atoms with E-state index >= 15 is 0 Å². The number of piperidine rings is 2. The van der Waals surface area contributed by atoms with E-state index in [4.69, 9.17) is 0 Å². The Hall–Kier alpha value is -2.25. The molecule has 3 amide bonds. The fraction of sp³-hybridized carbons (Fsp3) is 0.591. The van der Waals surface area contributed by atoms with Gasteiger partial charge in [-0.15, -0.1) is 0 Å². The lowest BCUT2D eigenvalue weighted by Crippen LogP contribution is -2.52. The summed E-state index contributed by atoms with van der Waals surface area (Å²) in [5.74, 6) is -0.00680. The first-order valence-corrected chi connectivity index (χ1v) is 10.8. The lowest BCUT2D eigenvalue weighted by Gasteiger charge is -2.29. The molecule has 7 heteroatoms. The molecule has 3 fully saturated rings. The van der Waals surface area contributed by atoms with Gasteiger partial charge in [0.15, 0.2) is 0 Å². The van der Waals surface area contributed by atoms with Gasteiger partial charge in [0.25, 0.3) is 5.91 Å². The Bertz CT molecular complexity index is 842. The molecule has 0 radical (unpaired) electrons. The maximum atomic E-state index is 12.9. The summed E-state index contributed by atoms with van der Waals surface area (Å²) in [6.07, 6.45) is 5.80. The van der Waals surface area contributed by atoms with Crippen LogP contribution in [0.1, 0.15) is 60.0 Å². The van der Waals surface area contributed by atoms with Crippen molar-refractivity contribution in [2.75, 3.05) is 6.54 Å².